The number of rotatable bonds is 4. The highest BCUT2D eigenvalue weighted by atomic mass is 35.5. The average molecular weight is 321 g/mol. The van der Waals surface area contributed by atoms with Crippen molar-refractivity contribution < 1.29 is 13.2 Å². The van der Waals surface area contributed by atoms with Gasteiger partial charge in [0.15, 0.2) is 0 Å². The molecule has 0 amide bonds. The van der Waals surface area contributed by atoms with E-state index in [-0.39, 0.29) is 24.8 Å². The molecule has 0 heterocycles. The van der Waals surface area contributed by atoms with E-state index >= 15 is 0 Å². The highest BCUT2D eigenvalue weighted by Gasteiger charge is 2.42. The Hall–Kier alpha value is -0.780. The largest absolute Gasteiger partial charge is 0.391 e. The number of nitrogens with two attached hydrogens (primary N) is 1. The number of benzene rings is 1. The Balaban J connectivity index is 1.96. The van der Waals surface area contributed by atoms with Crippen LogP contribution in [0.3, 0.4) is 0 Å². The Bertz CT molecular complexity index is 456. The summed E-state index contributed by atoms with van der Waals surface area (Å²) < 4.78 is 38.1. The first-order valence-electron chi connectivity index (χ1n) is 7.18. The van der Waals surface area contributed by atoms with E-state index in [9.17, 15) is 13.2 Å². The molecule has 2 nitrogen and oxygen atoms in total. The van der Waals surface area contributed by atoms with E-state index in [1.165, 1.54) is 0 Å². The quantitative estimate of drug-likeness (QED) is 0.648. The zero-order valence-electron chi connectivity index (χ0n) is 11.7. The third-order valence-electron chi connectivity index (χ3n) is 4.42. The van der Waals surface area contributed by atoms with Gasteiger partial charge in [0.25, 0.3) is 0 Å². The normalized spacial score (nSPS) is 24.8. The maximum atomic E-state index is 12.7. The first-order chi connectivity index (χ1) is 9.91. The first kappa shape index (κ1) is 16.6. The lowest BCUT2D eigenvalue weighted by atomic mass is 9.77. The van der Waals surface area contributed by atoms with Gasteiger partial charge >= 0.3 is 6.18 Å². The maximum absolute atomic E-state index is 12.7. The molecule has 1 saturated carbocycles. The minimum absolute atomic E-state index is 0.0425. The molecule has 1 aromatic carbocycles. The lowest BCUT2D eigenvalue weighted by molar-refractivity contribution is -0.184. The fourth-order valence-corrected chi connectivity index (χ4v) is 3.32. The molecule has 21 heavy (non-hydrogen) atoms. The zero-order chi connectivity index (χ0) is 15.5. The molecule has 118 valence electrons. The van der Waals surface area contributed by atoms with Crippen LogP contribution < -0.4 is 11.3 Å². The van der Waals surface area contributed by atoms with Crippen LogP contribution in [0.2, 0.25) is 5.02 Å². The van der Waals surface area contributed by atoms with Crippen molar-refractivity contribution >= 4 is 11.6 Å². The smallest absolute Gasteiger partial charge is 0.271 e. The van der Waals surface area contributed by atoms with Gasteiger partial charge < -0.3 is 0 Å². The van der Waals surface area contributed by atoms with Gasteiger partial charge in [0.2, 0.25) is 0 Å². The highest BCUT2D eigenvalue weighted by molar-refractivity contribution is 6.31. The van der Waals surface area contributed by atoms with E-state index in [4.69, 9.17) is 17.4 Å². The summed E-state index contributed by atoms with van der Waals surface area (Å²) in [6, 6.07) is 7.44. The number of nitrogens with one attached hydrogen (secondary N) is 1. The van der Waals surface area contributed by atoms with Gasteiger partial charge in [0.05, 0.1) is 5.92 Å². The lowest BCUT2D eigenvalue weighted by Gasteiger charge is -2.34. The van der Waals surface area contributed by atoms with Crippen molar-refractivity contribution in [2.24, 2.45) is 17.7 Å². The molecule has 0 aliphatic heterocycles. The summed E-state index contributed by atoms with van der Waals surface area (Å²) in [4.78, 5) is 0. The number of alkyl halides is 3. The summed E-state index contributed by atoms with van der Waals surface area (Å²) in [5, 5.41) is 0.668. The van der Waals surface area contributed by atoms with Gasteiger partial charge in [0, 0.05) is 11.1 Å². The summed E-state index contributed by atoms with van der Waals surface area (Å²) in [5.74, 6) is 4.60. The monoisotopic (exact) mass is 320 g/mol. The van der Waals surface area contributed by atoms with Gasteiger partial charge in [-0.1, -0.05) is 29.8 Å². The second-order valence-corrected chi connectivity index (χ2v) is 6.13. The Kier molecular flexibility index (Phi) is 5.52. The van der Waals surface area contributed by atoms with Crippen molar-refractivity contribution in [3.63, 3.8) is 0 Å². The van der Waals surface area contributed by atoms with E-state index in [0.29, 0.717) is 24.3 Å². The fraction of sp³-hybridized carbons (Fsp3) is 0.600. The Morgan fingerprint density at radius 1 is 1.19 bits per heavy atom. The van der Waals surface area contributed by atoms with Gasteiger partial charge in [-0.05, 0) is 49.7 Å². The molecule has 2 rings (SSSR count). The first-order valence-corrected chi connectivity index (χ1v) is 7.56. The van der Waals surface area contributed by atoms with Crippen molar-refractivity contribution in [2.75, 3.05) is 0 Å². The van der Waals surface area contributed by atoms with Crippen LogP contribution in [0.4, 0.5) is 13.2 Å². The standard InChI is InChI=1S/C15H20ClF3N2/c16-13-4-2-1-3-11(13)9-14(21-20)10-5-7-12(8-6-10)15(17,18)19/h1-4,10,12,14,21H,5-9,20H2. The van der Waals surface area contributed by atoms with E-state index in [0.717, 1.165) is 5.56 Å². The maximum Gasteiger partial charge on any atom is 0.391 e. The summed E-state index contributed by atoms with van der Waals surface area (Å²) in [5.41, 5.74) is 3.73. The Morgan fingerprint density at radius 3 is 2.33 bits per heavy atom. The molecule has 0 bridgehead atoms. The molecule has 3 N–H and O–H groups in total. The SMILES string of the molecule is NNC(Cc1ccccc1Cl)C1CCC(C(F)(F)F)CC1. The van der Waals surface area contributed by atoms with Crippen LogP contribution in [-0.4, -0.2) is 12.2 Å². The second-order valence-electron chi connectivity index (χ2n) is 5.72. The Labute approximate surface area is 127 Å². The average Bonchev–Trinajstić information content (AvgIpc) is 2.46. The number of hydrogen-bond donors (Lipinski definition) is 2. The van der Waals surface area contributed by atoms with Crippen molar-refractivity contribution in [1.29, 1.82) is 0 Å². The van der Waals surface area contributed by atoms with Gasteiger partial charge in [0.1, 0.15) is 0 Å². The molecule has 1 aliphatic rings. The van der Waals surface area contributed by atoms with E-state index < -0.39 is 12.1 Å². The molecule has 6 heteroatoms. The fourth-order valence-electron chi connectivity index (χ4n) is 3.11. The van der Waals surface area contributed by atoms with Gasteiger partial charge in [-0.2, -0.15) is 13.2 Å². The number of hydrazine groups is 1. The molecule has 1 fully saturated rings. The van der Waals surface area contributed by atoms with Gasteiger partial charge in [-0.3, -0.25) is 11.3 Å². The van der Waals surface area contributed by atoms with E-state index in [1.807, 2.05) is 24.3 Å². The molecular weight excluding hydrogens is 301 g/mol. The van der Waals surface area contributed by atoms with Crippen molar-refractivity contribution in [2.45, 2.75) is 44.3 Å². The third-order valence-corrected chi connectivity index (χ3v) is 4.78. The van der Waals surface area contributed by atoms with Crippen LogP contribution in [-0.2, 0) is 6.42 Å². The van der Waals surface area contributed by atoms with E-state index in [1.54, 1.807) is 0 Å². The van der Waals surface area contributed by atoms with Crippen LogP contribution in [0.1, 0.15) is 31.2 Å². The lowest BCUT2D eigenvalue weighted by Crippen LogP contribution is -2.44. The van der Waals surface area contributed by atoms with E-state index in [2.05, 4.69) is 5.43 Å². The molecule has 1 aromatic rings. The highest BCUT2D eigenvalue weighted by Crippen LogP contribution is 2.40. The molecule has 0 saturated heterocycles. The van der Waals surface area contributed by atoms with Crippen LogP contribution in [0, 0.1) is 11.8 Å². The molecule has 0 radical (unpaired) electrons. The topological polar surface area (TPSA) is 38.0 Å². The third kappa shape index (κ3) is 4.34. The number of halogens is 4. The molecule has 1 atom stereocenters. The summed E-state index contributed by atoms with van der Waals surface area (Å²) in [6.45, 7) is 0. The van der Waals surface area contributed by atoms with Crippen molar-refractivity contribution in [3.8, 4) is 0 Å². The van der Waals surface area contributed by atoms with Gasteiger partial charge in [-0.25, -0.2) is 0 Å². The Morgan fingerprint density at radius 2 is 1.81 bits per heavy atom. The minimum atomic E-state index is -4.07. The molecule has 1 unspecified atom stereocenters. The summed E-state index contributed by atoms with van der Waals surface area (Å²) in [7, 11) is 0. The van der Waals surface area contributed by atoms with Gasteiger partial charge in [-0.15, -0.1) is 0 Å². The van der Waals surface area contributed by atoms with Crippen LogP contribution in [0.15, 0.2) is 24.3 Å². The minimum Gasteiger partial charge on any atom is -0.271 e. The van der Waals surface area contributed by atoms with Crippen molar-refractivity contribution in [1.82, 2.24) is 5.43 Å². The zero-order valence-corrected chi connectivity index (χ0v) is 12.4. The second kappa shape index (κ2) is 6.99. The van der Waals surface area contributed by atoms with Crippen LogP contribution in [0.25, 0.3) is 0 Å². The summed E-state index contributed by atoms with van der Waals surface area (Å²) in [6.07, 6.45) is -1.96. The molecule has 0 spiro atoms. The molecule has 1 aliphatic carbocycles. The summed E-state index contributed by atoms with van der Waals surface area (Å²) >= 11 is 6.13. The molecule has 0 aromatic heterocycles. The predicted octanol–water partition coefficient (Wildman–Crippen LogP) is 4.08. The predicted molar refractivity (Wildman–Crippen MR) is 77.8 cm³/mol. The number of hydrogen-bond acceptors (Lipinski definition) is 2. The molecular formula is C15H20ClF3N2. The van der Waals surface area contributed by atoms with Crippen molar-refractivity contribution in [3.05, 3.63) is 34.9 Å². The van der Waals surface area contributed by atoms with Crippen LogP contribution >= 0.6 is 11.6 Å². The van der Waals surface area contributed by atoms with Crippen LogP contribution in [0.5, 0.6) is 0 Å².